The summed E-state index contributed by atoms with van der Waals surface area (Å²) >= 11 is 0. The van der Waals surface area contributed by atoms with Gasteiger partial charge in [-0.25, -0.2) is 0 Å². The first-order chi connectivity index (χ1) is 13.4. The number of hydrogen-bond donors (Lipinski definition) is 0. The van der Waals surface area contributed by atoms with E-state index in [9.17, 15) is 0 Å². The van der Waals surface area contributed by atoms with Crippen LogP contribution in [0.2, 0.25) is 0 Å². The highest BCUT2D eigenvalue weighted by atomic mass is 15.1. The molecule has 2 heterocycles. The van der Waals surface area contributed by atoms with Gasteiger partial charge in [0.15, 0.2) is 0 Å². The Bertz CT molecular complexity index is 255. The third-order valence-corrected chi connectivity index (χ3v) is 5.89. The zero-order chi connectivity index (χ0) is 21.9. The van der Waals surface area contributed by atoms with Crippen LogP contribution in [-0.4, -0.2) is 49.6 Å². The quantitative estimate of drug-likeness (QED) is 0.455. The molecule has 0 bridgehead atoms. The van der Waals surface area contributed by atoms with Crippen molar-refractivity contribution < 1.29 is 0 Å². The summed E-state index contributed by atoms with van der Waals surface area (Å²) in [6.07, 6.45) is 9.96. The molecule has 0 N–H and O–H groups in total. The molecule has 0 amide bonds. The van der Waals surface area contributed by atoms with E-state index in [0.717, 1.165) is 23.7 Å². The van der Waals surface area contributed by atoms with Crippen LogP contribution < -0.4 is 0 Å². The van der Waals surface area contributed by atoms with Crippen LogP contribution >= 0.6 is 0 Å². The average molecular weight is 399 g/mol. The van der Waals surface area contributed by atoms with Crippen LogP contribution in [0, 0.1) is 23.7 Å². The van der Waals surface area contributed by atoms with E-state index in [0.29, 0.717) is 0 Å². The Morgan fingerprint density at radius 2 is 1.18 bits per heavy atom. The molecule has 2 saturated heterocycles. The van der Waals surface area contributed by atoms with Gasteiger partial charge in [0.05, 0.1) is 0 Å². The molecule has 2 fully saturated rings. The zero-order valence-electron chi connectivity index (χ0n) is 21.7. The Hall–Kier alpha value is -0.0800. The maximum Gasteiger partial charge on any atom is -0.00162 e. The van der Waals surface area contributed by atoms with Crippen LogP contribution in [0.3, 0.4) is 0 Å². The SMILES string of the molecule is CC.CC.CC(C)CCC1CCN(C)CC1.CC(C)CCN1CCC(C)CC1. The molecule has 2 heteroatoms. The molecule has 172 valence electrons. The van der Waals surface area contributed by atoms with E-state index in [2.05, 4.69) is 51.5 Å². The van der Waals surface area contributed by atoms with Crippen molar-refractivity contribution in [2.45, 2.75) is 107 Å². The van der Waals surface area contributed by atoms with Crippen molar-refractivity contribution >= 4 is 0 Å². The van der Waals surface area contributed by atoms with Crippen LogP contribution in [0.25, 0.3) is 0 Å². The minimum Gasteiger partial charge on any atom is -0.306 e. The highest BCUT2D eigenvalue weighted by Crippen LogP contribution is 2.22. The lowest BCUT2D eigenvalue weighted by Crippen LogP contribution is -2.34. The molecule has 2 nitrogen and oxygen atoms in total. The van der Waals surface area contributed by atoms with Crippen molar-refractivity contribution in [3.05, 3.63) is 0 Å². The molecule has 2 rings (SSSR count). The maximum atomic E-state index is 2.62. The first-order valence-corrected chi connectivity index (χ1v) is 12.8. The third kappa shape index (κ3) is 18.0. The molecule has 0 aromatic carbocycles. The van der Waals surface area contributed by atoms with Crippen LogP contribution in [0.15, 0.2) is 0 Å². The van der Waals surface area contributed by atoms with Gasteiger partial charge in [0.1, 0.15) is 0 Å². The first-order valence-electron chi connectivity index (χ1n) is 12.8. The van der Waals surface area contributed by atoms with Crippen LogP contribution in [0.5, 0.6) is 0 Å². The van der Waals surface area contributed by atoms with E-state index in [1.807, 2.05) is 27.7 Å². The minimum atomic E-state index is 0.865. The lowest BCUT2D eigenvalue weighted by atomic mass is 9.90. The molecule has 0 unspecified atom stereocenters. The van der Waals surface area contributed by atoms with E-state index < -0.39 is 0 Å². The summed E-state index contributed by atoms with van der Waals surface area (Å²) in [5.41, 5.74) is 0. The topological polar surface area (TPSA) is 6.48 Å². The first kappa shape index (κ1) is 30.1. The molecule has 0 atom stereocenters. The highest BCUT2D eigenvalue weighted by Gasteiger charge is 2.16. The summed E-state index contributed by atoms with van der Waals surface area (Å²) in [6, 6.07) is 0. The van der Waals surface area contributed by atoms with Crippen molar-refractivity contribution in [2.24, 2.45) is 23.7 Å². The van der Waals surface area contributed by atoms with Gasteiger partial charge in [0.25, 0.3) is 0 Å². The summed E-state index contributed by atoms with van der Waals surface area (Å²) in [5.74, 6) is 3.76. The summed E-state index contributed by atoms with van der Waals surface area (Å²) < 4.78 is 0. The van der Waals surface area contributed by atoms with Crippen molar-refractivity contribution in [3.8, 4) is 0 Å². The van der Waals surface area contributed by atoms with Crippen molar-refractivity contribution in [1.29, 1.82) is 0 Å². The highest BCUT2D eigenvalue weighted by molar-refractivity contribution is 4.70. The van der Waals surface area contributed by atoms with Gasteiger partial charge in [0.2, 0.25) is 0 Å². The van der Waals surface area contributed by atoms with Crippen LogP contribution in [-0.2, 0) is 0 Å². The molecule has 0 saturated carbocycles. The second-order valence-electron chi connectivity index (χ2n) is 9.42. The molecule has 0 spiro atoms. The molecule has 0 aromatic heterocycles. The van der Waals surface area contributed by atoms with Crippen LogP contribution in [0.1, 0.15) is 107 Å². The minimum absolute atomic E-state index is 0.865. The maximum absolute atomic E-state index is 2.62. The normalized spacial score (nSPS) is 19.3. The number of likely N-dealkylation sites (tertiary alicyclic amines) is 2. The lowest BCUT2D eigenvalue weighted by Gasteiger charge is -2.30. The zero-order valence-corrected chi connectivity index (χ0v) is 21.7. The van der Waals surface area contributed by atoms with Crippen molar-refractivity contribution in [3.63, 3.8) is 0 Å². The largest absolute Gasteiger partial charge is 0.306 e. The van der Waals surface area contributed by atoms with Gasteiger partial charge in [-0.1, -0.05) is 75.2 Å². The Balaban J connectivity index is 0. The summed E-state index contributed by atoms with van der Waals surface area (Å²) in [5, 5.41) is 0. The van der Waals surface area contributed by atoms with E-state index >= 15 is 0 Å². The fraction of sp³-hybridized carbons (Fsp3) is 1.00. The molecule has 2 aliphatic rings. The van der Waals surface area contributed by atoms with Crippen LogP contribution in [0.4, 0.5) is 0 Å². The van der Waals surface area contributed by atoms with E-state index in [1.54, 1.807) is 0 Å². The molecular weight excluding hydrogens is 340 g/mol. The average Bonchev–Trinajstić information content (AvgIpc) is 2.70. The molecule has 2 aliphatic heterocycles. The number of rotatable bonds is 6. The second-order valence-corrected chi connectivity index (χ2v) is 9.42. The van der Waals surface area contributed by atoms with E-state index in [1.165, 1.54) is 77.7 Å². The standard InChI is InChI=1S/2C11H23N.2C2H6/c1-10(2)4-7-12-8-5-11(3)6-9-12;1-10(2)4-5-11-6-8-12(3)9-7-11;2*1-2/h2*10-11H,4-9H2,1-3H3;2*1-2H3. The van der Waals surface area contributed by atoms with E-state index in [-0.39, 0.29) is 0 Å². The molecular formula is C26H58N2. The van der Waals surface area contributed by atoms with Gasteiger partial charge in [-0.15, -0.1) is 0 Å². The van der Waals surface area contributed by atoms with Gasteiger partial charge >= 0.3 is 0 Å². The monoisotopic (exact) mass is 398 g/mol. The fourth-order valence-electron chi connectivity index (χ4n) is 3.65. The fourth-order valence-corrected chi connectivity index (χ4v) is 3.65. The number of nitrogens with zero attached hydrogens (tertiary/aromatic N) is 2. The summed E-state index contributed by atoms with van der Waals surface area (Å²) in [6.45, 7) is 26.3. The second kappa shape index (κ2) is 20.2. The Morgan fingerprint density at radius 1 is 0.714 bits per heavy atom. The van der Waals surface area contributed by atoms with Crippen molar-refractivity contribution in [2.75, 3.05) is 39.8 Å². The smallest absolute Gasteiger partial charge is 0.00162 e. The van der Waals surface area contributed by atoms with Crippen molar-refractivity contribution in [1.82, 2.24) is 9.80 Å². The van der Waals surface area contributed by atoms with Gasteiger partial charge < -0.3 is 9.80 Å². The molecule has 0 aromatic rings. The number of hydrogen-bond acceptors (Lipinski definition) is 2. The summed E-state index contributed by atoms with van der Waals surface area (Å²) in [4.78, 5) is 5.08. The Morgan fingerprint density at radius 3 is 1.61 bits per heavy atom. The predicted octanol–water partition coefficient (Wildman–Crippen LogP) is 7.58. The van der Waals surface area contributed by atoms with Gasteiger partial charge in [-0.2, -0.15) is 0 Å². The van der Waals surface area contributed by atoms with E-state index in [4.69, 9.17) is 0 Å². The molecule has 28 heavy (non-hydrogen) atoms. The number of piperidine rings is 2. The Kier molecular flexibility index (Phi) is 21.7. The molecule has 0 radical (unpaired) electrons. The van der Waals surface area contributed by atoms with Gasteiger partial charge in [-0.3, -0.25) is 0 Å². The van der Waals surface area contributed by atoms with Gasteiger partial charge in [0, 0.05) is 0 Å². The molecule has 0 aliphatic carbocycles. The third-order valence-electron chi connectivity index (χ3n) is 5.89. The lowest BCUT2D eigenvalue weighted by molar-refractivity contribution is 0.184. The van der Waals surface area contributed by atoms with Gasteiger partial charge in [-0.05, 0) is 95.5 Å². The predicted molar refractivity (Wildman–Crippen MR) is 131 cm³/mol. The summed E-state index contributed by atoms with van der Waals surface area (Å²) in [7, 11) is 2.23. The Labute approximate surface area is 180 Å².